The molecule has 1 saturated carbocycles. The molecule has 0 atom stereocenters. The van der Waals surface area contributed by atoms with Gasteiger partial charge in [-0.1, -0.05) is 48.2 Å². The van der Waals surface area contributed by atoms with Crippen molar-refractivity contribution in [3.8, 4) is 17.1 Å². The van der Waals surface area contributed by atoms with Crippen molar-refractivity contribution in [3.05, 3.63) is 64.4 Å². The van der Waals surface area contributed by atoms with Gasteiger partial charge in [0.15, 0.2) is 11.5 Å². The number of ether oxygens (including phenoxy) is 2. The standard InChI is InChI=1S/C30H34ClN5O6S/c1-19-5-12-24(41-15-4-16-42-43(3,38)39)23(17-19)29-35-27-25(36(29)18-21-8-10-22(31)11-9-21)26(32-14-13-20-6-7-20)33-28(34-27)30(37)40-2/h5,8-12,17,20H,4,6-7,13-16,18H2,1-3H3,(H,32,33,34). The largest absolute Gasteiger partial charge is 0.493 e. The zero-order valence-electron chi connectivity index (χ0n) is 24.3. The van der Waals surface area contributed by atoms with Crippen LogP contribution in [0.3, 0.4) is 0 Å². The van der Waals surface area contributed by atoms with Gasteiger partial charge < -0.3 is 19.4 Å². The molecular weight excluding hydrogens is 594 g/mol. The SMILES string of the molecule is COC(=O)c1nc(NCCC2CC2)c2c(n1)nc(-c1cc(C)ccc1OCCCOS(C)(=O)=O)n2Cc1ccc(Cl)cc1. The van der Waals surface area contributed by atoms with E-state index in [1.165, 1.54) is 20.0 Å². The van der Waals surface area contributed by atoms with Gasteiger partial charge in [0.2, 0.25) is 5.82 Å². The molecule has 2 aromatic carbocycles. The average Bonchev–Trinajstić information content (AvgIpc) is 3.73. The van der Waals surface area contributed by atoms with Crippen LogP contribution in [0.15, 0.2) is 42.5 Å². The van der Waals surface area contributed by atoms with Crippen LogP contribution in [0, 0.1) is 12.8 Å². The molecule has 0 bridgehead atoms. The monoisotopic (exact) mass is 627 g/mol. The van der Waals surface area contributed by atoms with Gasteiger partial charge in [0.1, 0.15) is 17.1 Å². The number of fused-ring (bicyclic) bond motifs is 1. The lowest BCUT2D eigenvalue weighted by Gasteiger charge is -2.16. The van der Waals surface area contributed by atoms with Gasteiger partial charge >= 0.3 is 5.97 Å². The van der Waals surface area contributed by atoms with Crippen molar-refractivity contribution in [2.75, 3.05) is 38.4 Å². The molecule has 1 aliphatic carbocycles. The maximum atomic E-state index is 12.5. The number of carbonyl (C=O) groups excluding carboxylic acids is 1. The predicted octanol–water partition coefficient (Wildman–Crippen LogP) is 5.25. The van der Waals surface area contributed by atoms with Crippen LogP contribution in [0.25, 0.3) is 22.6 Å². The summed E-state index contributed by atoms with van der Waals surface area (Å²) in [5.41, 5.74) is 3.64. The number of aromatic nitrogens is 4. The number of anilines is 1. The highest BCUT2D eigenvalue weighted by molar-refractivity contribution is 7.85. The average molecular weight is 628 g/mol. The van der Waals surface area contributed by atoms with Crippen LogP contribution in [-0.4, -0.2) is 67.0 Å². The van der Waals surface area contributed by atoms with Crippen LogP contribution in [0.5, 0.6) is 5.75 Å². The second kappa shape index (κ2) is 13.3. The van der Waals surface area contributed by atoms with Gasteiger partial charge in [-0.15, -0.1) is 0 Å². The Kier molecular flexibility index (Phi) is 9.48. The number of rotatable bonds is 14. The first-order valence-electron chi connectivity index (χ1n) is 14.0. The Balaban J connectivity index is 1.60. The van der Waals surface area contributed by atoms with Crippen molar-refractivity contribution < 1.29 is 26.9 Å². The fraction of sp³-hybridized carbons (Fsp3) is 0.400. The number of benzene rings is 2. The molecule has 11 nitrogen and oxygen atoms in total. The fourth-order valence-corrected chi connectivity index (χ4v) is 5.22. The second-order valence-corrected chi connectivity index (χ2v) is 12.7. The molecule has 0 aliphatic heterocycles. The summed E-state index contributed by atoms with van der Waals surface area (Å²) < 4.78 is 40.5. The van der Waals surface area contributed by atoms with Gasteiger partial charge in [0.25, 0.3) is 10.1 Å². The third-order valence-electron chi connectivity index (χ3n) is 6.99. The van der Waals surface area contributed by atoms with Gasteiger partial charge in [-0.25, -0.2) is 19.7 Å². The van der Waals surface area contributed by atoms with Gasteiger partial charge in [-0.2, -0.15) is 8.42 Å². The van der Waals surface area contributed by atoms with Gasteiger partial charge in [0.05, 0.1) is 32.1 Å². The molecule has 43 heavy (non-hydrogen) atoms. The summed E-state index contributed by atoms with van der Waals surface area (Å²) >= 11 is 6.17. The first-order chi connectivity index (χ1) is 20.6. The third kappa shape index (κ3) is 8.01. The van der Waals surface area contributed by atoms with Crippen LogP contribution in [-0.2, 0) is 25.6 Å². The molecule has 0 spiro atoms. The molecule has 1 fully saturated rings. The van der Waals surface area contributed by atoms with E-state index in [0.29, 0.717) is 64.6 Å². The smallest absolute Gasteiger partial charge is 0.376 e. The molecule has 2 aromatic heterocycles. The molecule has 5 rings (SSSR count). The number of imidazole rings is 1. The number of methoxy groups -OCH3 is 1. The maximum absolute atomic E-state index is 12.5. The summed E-state index contributed by atoms with van der Waals surface area (Å²) in [6.45, 7) is 3.31. The Labute approximate surface area is 255 Å². The molecular formula is C30H34ClN5O6S. The summed E-state index contributed by atoms with van der Waals surface area (Å²) in [4.78, 5) is 26.5. The number of esters is 1. The summed E-state index contributed by atoms with van der Waals surface area (Å²) in [5.74, 6) is 1.58. The van der Waals surface area contributed by atoms with Crippen LogP contribution in [0.1, 0.15) is 47.4 Å². The number of nitrogens with one attached hydrogen (secondary N) is 1. The Morgan fingerprint density at radius 3 is 2.56 bits per heavy atom. The van der Waals surface area contributed by atoms with Crippen molar-refractivity contribution in [2.45, 2.75) is 39.2 Å². The molecule has 1 N–H and O–H groups in total. The number of hydrogen-bond acceptors (Lipinski definition) is 10. The Morgan fingerprint density at radius 1 is 1.09 bits per heavy atom. The van der Waals surface area contributed by atoms with Crippen LogP contribution >= 0.6 is 11.6 Å². The molecule has 0 amide bonds. The van der Waals surface area contributed by atoms with E-state index >= 15 is 0 Å². The molecule has 13 heteroatoms. The van der Waals surface area contributed by atoms with Gasteiger partial charge in [-0.05, 0) is 49.1 Å². The quantitative estimate of drug-likeness (QED) is 0.112. The summed E-state index contributed by atoms with van der Waals surface area (Å²) in [6.07, 6.45) is 4.83. The highest BCUT2D eigenvalue weighted by Gasteiger charge is 2.25. The van der Waals surface area contributed by atoms with E-state index in [9.17, 15) is 13.2 Å². The molecule has 228 valence electrons. The Hall–Kier alpha value is -3.74. The Bertz CT molecular complexity index is 1720. The summed E-state index contributed by atoms with van der Waals surface area (Å²) in [5, 5.41) is 4.06. The van der Waals surface area contributed by atoms with Crippen LogP contribution < -0.4 is 10.1 Å². The highest BCUT2D eigenvalue weighted by atomic mass is 35.5. The molecule has 2 heterocycles. The third-order valence-corrected chi connectivity index (χ3v) is 7.83. The number of carbonyl (C=O) groups is 1. The normalized spacial score (nSPS) is 13.3. The van der Waals surface area contributed by atoms with Crippen LogP contribution in [0.4, 0.5) is 5.82 Å². The molecule has 4 aromatic rings. The zero-order valence-corrected chi connectivity index (χ0v) is 25.9. The molecule has 0 unspecified atom stereocenters. The van der Waals surface area contributed by atoms with E-state index in [0.717, 1.165) is 23.8 Å². The minimum absolute atomic E-state index is 0.0108. The highest BCUT2D eigenvalue weighted by Crippen LogP contribution is 2.36. The van der Waals surface area contributed by atoms with E-state index in [1.54, 1.807) is 0 Å². The molecule has 0 saturated heterocycles. The Morgan fingerprint density at radius 2 is 1.86 bits per heavy atom. The first-order valence-corrected chi connectivity index (χ1v) is 16.2. The van der Waals surface area contributed by atoms with Gasteiger partial charge in [-0.3, -0.25) is 4.18 Å². The minimum atomic E-state index is -3.53. The zero-order chi connectivity index (χ0) is 30.6. The van der Waals surface area contributed by atoms with Crippen molar-refractivity contribution in [3.63, 3.8) is 0 Å². The van der Waals surface area contributed by atoms with E-state index < -0.39 is 16.1 Å². The molecule has 0 radical (unpaired) electrons. The van der Waals surface area contributed by atoms with E-state index in [2.05, 4.69) is 15.3 Å². The van der Waals surface area contributed by atoms with E-state index in [-0.39, 0.29) is 19.0 Å². The lowest BCUT2D eigenvalue weighted by atomic mass is 10.1. The van der Waals surface area contributed by atoms with E-state index in [4.69, 9.17) is 30.2 Å². The van der Waals surface area contributed by atoms with Crippen molar-refractivity contribution >= 4 is 44.7 Å². The second-order valence-electron chi connectivity index (χ2n) is 10.6. The van der Waals surface area contributed by atoms with Crippen molar-refractivity contribution in [2.24, 2.45) is 5.92 Å². The lowest BCUT2D eigenvalue weighted by Crippen LogP contribution is -2.13. The maximum Gasteiger partial charge on any atom is 0.376 e. The fourth-order valence-electron chi connectivity index (χ4n) is 4.67. The van der Waals surface area contributed by atoms with Crippen molar-refractivity contribution in [1.29, 1.82) is 0 Å². The number of hydrogen-bond donors (Lipinski definition) is 1. The number of aryl methyl sites for hydroxylation is 1. The summed E-state index contributed by atoms with van der Waals surface area (Å²) in [7, 11) is -2.24. The number of halogens is 1. The lowest BCUT2D eigenvalue weighted by molar-refractivity contribution is 0.0587. The predicted molar refractivity (Wildman–Crippen MR) is 164 cm³/mol. The summed E-state index contributed by atoms with van der Waals surface area (Å²) in [6, 6.07) is 13.3. The van der Waals surface area contributed by atoms with Crippen molar-refractivity contribution in [1.82, 2.24) is 19.5 Å². The van der Waals surface area contributed by atoms with E-state index in [1.807, 2.05) is 54.0 Å². The first kappa shape index (κ1) is 30.7. The topological polar surface area (TPSA) is 135 Å². The minimum Gasteiger partial charge on any atom is -0.493 e. The van der Waals surface area contributed by atoms with Gasteiger partial charge in [0, 0.05) is 24.5 Å². The number of nitrogens with zero attached hydrogens (tertiary/aromatic N) is 4. The molecule has 1 aliphatic rings. The van der Waals surface area contributed by atoms with Crippen LogP contribution in [0.2, 0.25) is 5.02 Å².